The number of amides is 2. The van der Waals surface area contributed by atoms with E-state index in [9.17, 15) is 36.0 Å². The molecule has 298 valence electrons. The minimum atomic E-state index is -5.65. The molecule has 1 heterocycles. The lowest BCUT2D eigenvalue weighted by Crippen LogP contribution is -2.53. The second kappa shape index (κ2) is 16.5. The summed E-state index contributed by atoms with van der Waals surface area (Å²) in [4.78, 5) is 39.2. The first-order valence-corrected chi connectivity index (χ1v) is 19.5. The monoisotopic (exact) mass is 799 g/mol. The second-order valence-corrected chi connectivity index (χ2v) is 16.2. The smallest absolute Gasteiger partial charge is 0.496 e. The number of nitrogens with one attached hydrogen (secondary N) is 3. The van der Waals surface area contributed by atoms with Gasteiger partial charge in [-0.05, 0) is 86.2 Å². The van der Waals surface area contributed by atoms with Crippen LogP contribution >= 0.6 is 0 Å². The van der Waals surface area contributed by atoms with Crippen molar-refractivity contribution in [2.45, 2.75) is 68.2 Å². The molecule has 1 aliphatic heterocycles. The number of carbonyl (C=O) groups is 3. The number of anilines is 1. The zero-order chi connectivity index (χ0) is 40.3. The van der Waals surface area contributed by atoms with Gasteiger partial charge in [0.2, 0.25) is 5.91 Å². The maximum Gasteiger partial charge on any atom is 0.501 e. The van der Waals surface area contributed by atoms with E-state index in [0.717, 1.165) is 34.5 Å². The summed E-state index contributed by atoms with van der Waals surface area (Å²) >= 11 is 0. The third kappa shape index (κ3) is 8.76. The summed E-state index contributed by atoms with van der Waals surface area (Å²) in [6.07, 6.45) is 1.52. The average molecular weight is 800 g/mol. The van der Waals surface area contributed by atoms with Crippen LogP contribution in [0.4, 0.5) is 23.2 Å². The van der Waals surface area contributed by atoms with E-state index in [0.29, 0.717) is 38.3 Å². The molecule has 3 N–H and O–H groups in total. The van der Waals surface area contributed by atoms with Crippen LogP contribution in [0.2, 0.25) is 0 Å². The molecule has 11 nitrogen and oxygen atoms in total. The predicted octanol–water partition coefficient (Wildman–Crippen LogP) is 6.70. The van der Waals surface area contributed by atoms with E-state index in [1.165, 1.54) is 19.2 Å². The van der Waals surface area contributed by atoms with Crippen molar-refractivity contribution in [1.82, 2.24) is 10.6 Å². The first-order valence-electron chi connectivity index (χ1n) is 18.0. The summed E-state index contributed by atoms with van der Waals surface area (Å²) < 4.78 is 95.6. The Bertz CT molecular complexity index is 2220. The molecule has 6 rings (SSSR count). The van der Waals surface area contributed by atoms with Gasteiger partial charge < -0.3 is 30.2 Å². The number of benzene rings is 4. The molecule has 0 aromatic heterocycles. The van der Waals surface area contributed by atoms with E-state index in [4.69, 9.17) is 14.2 Å². The fraction of sp³-hybridized carbons (Fsp3) is 0.375. The standard InChI is InChI=1S/C40H41F4N3O8S/c1-39(38(50)54-23-25-9-5-8-24-7-3-4-12-29(24)25)16-13-27(14-17-39)55-35-20-30(34(53-2)21-32(35)41)36(48)47-33-15-18-45-22-31(33)37(49)46-26-10-6-11-28(19-26)56(51,52)40(42,43)44/h3-12,19-21,27,31,33,45H,13-18,22-23H2,1-2H3,(H,46,49)(H,47,48)/t27-,31-,33+,39+/m0/s1. The molecule has 1 aliphatic carbocycles. The van der Waals surface area contributed by atoms with E-state index < -0.39 is 61.4 Å². The fourth-order valence-corrected chi connectivity index (χ4v) is 7.91. The van der Waals surface area contributed by atoms with Gasteiger partial charge in [0.1, 0.15) is 12.4 Å². The Labute approximate surface area is 321 Å². The Morgan fingerprint density at radius 2 is 1.64 bits per heavy atom. The highest BCUT2D eigenvalue weighted by Gasteiger charge is 2.47. The lowest BCUT2D eigenvalue weighted by molar-refractivity contribution is -0.159. The van der Waals surface area contributed by atoms with Gasteiger partial charge in [-0.3, -0.25) is 14.4 Å². The summed E-state index contributed by atoms with van der Waals surface area (Å²) in [5.74, 6) is -3.68. The molecule has 0 spiro atoms. The number of carbonyl (C=O) groups excluding carboxylic acids is 3. The molecule has 1 saturated heterocycles. The lowest BCUT2D eigenvalue weighted by atomic mass is 9.74. The number of halogens is 4. The van der Waals surface area contributed by atoms with Crippen LogP contribution in [0, 0.1) is 17.2 Å². The molecule has 16 heteroatoms. The Balaban J connectivity index is 1.08. The maximum absolute atomic E-state index is 15.3. The third-order valence-electron chi connectivity index (χ3n) is 10.4. The number of fused-ring (bicyclic) bond motifs is 1. The van der Waals surface area contributed by atoms with Crippen molar-refractivity contribution in [2.24, 2.45) is 11.3 Å². The van der Waals surface area contributed by atoms with E-state index in [1.54, 1.807) is 0 Å². The molecule has 4 aromatic carbocycles. The number of esters is 1. The summed E-state index contributed by atoms with van der Waals surface area (Å²) in [5.41, 5.74) is -5.64. The highest BCUT2D eigenvalue weighted by molar-refractivity contribution is 7.92. The van der Waals surface area contributed by atoms with Crippen LogP contribution in [0.15, 0.2) is 83.8 Å². The van der Waals surface area contributed by atoms with Gasteiger partial charge in [0.25, 0.3) is 15.7 Å². The lowest BCUT2D eigenvalue weighted by Gasteiger charge is -2.35. The van der Waals surface area contributed by atoms with Crippen LogP contribution < -0.4 is 25.4 Å². The number of alkyl halides is 3. The largest absolute Gasteiger partial charge is 0.501 e. The minimum Gasteiger partial charge on any atom is -0.496 e. The van der Waals surface area contributed by atoms with Gasteiger partial charge in [-0.25, -0.2) is 12.8 Å². The van der Waals surface area contributed by atoms with Crippen LogP contribution in [0.25, 0.3) is 10.8 Å². The summed E-state index contributed by atoms with van der Waals surface area (Å²) in [6.45, 7) is 2.48. The van der Waals surface area contributed by atoms with E-state index in [2.05, 4.69) is 16.0 Å². The summed E-state index contributed by atoms with van der Waals surface area (Å²) in [5, 5.41) is 10.3. The van der Waals surface area contributed by atoms with Crippen molar-refractivity contribution in [3.8, 4) is 11.5 Å². The van der Waals surface area contributed by atoms with Crippen molar-refractivity contribution in [3.63, 3.8) is 0 Å². The molecule has 56 heavy (non-hydrogen) atoms. The molecule has 0 bridgehead atoms. The Morgan fingerprint density at radius 1 is 0.929 bits per heavy atom. The van der Waals surface area contributed by atoms with Crippen molar-refractivity contribution < 1.29 is 54.6 Å². The van der Waals surface area contributed by atoms with Gasteiger partial charge in [-0.1, -0.05) is 48.5 Å². The molecular formula is C40H41F4N3O8S. The van der Waals surface area contributed by atoms with Crippen molar-refractivity contribution in [3.05, 3.63) is 95.8 Å². The second-order valence-electron chi connectivity index (χ2n) is 14.2. The predicted molar refractivity (Wildman–Crippen MR) is 198 cm³/mol. The fourth-order valence-electron chi connectivity index (χ4n) is 7.10. The third-order valence-corrected chi connectivity index (χ3v) is 11.9. The number of hydrogen-bond acceptors (Lipinski definition) is 9. The molecule has 1 saturated carbocycles. The highest BCUT2D eigenvalue weighted by Crippen LogP contribution is 2.40. The first-order chi connectivity index (χ1) is 26.6. The number of rotatable bonds is 11. The van der Waals surface area contributed by atoms with Gasteiger partial charge in [0, 0.05) is 24.3 Å². The minimum absolute atomic E-state index is 0.0655. The van der Waals surface area contributed by atoms with Crippen LogP contribution in [-0.4, -0.2) is 64.1 Å². The van der Waals surface area contributed by atoms with Gasteiger partial charge >= 0.3 is 11.5 Å². The molecule has 0 radical (unpaired) electrons. The van der Waals surface area contributed by atoms with E-state index in [1.807, 2.05) is 49.4 Å². The number of methoxy groups -OCH3 is 1. The molecule has 2 fully saturated rings. The number of piperidine rings is 1. The van der Waals surface area contributed by atoms with Gasteiger partial charge in [0.15, 0.2) is 11.6 Å². The van der Waals surface area contributed by atoms with Crippen molar-refractivity contribution in [2.75, 3.05) is 25.5 Å². The summed E-state index contributed by atoms with van der Waals surface area (Å²) in [7, 11) is -4.39. The topological polar surface area (TPSA) is 149 Å². The van der Waals surface area contributed by atoms with Crippen LogP contribution in [0.3, 0.4) is 0 Å². The van der Waals surface area contributed by atoms with Gasteiger partial charge in [0.05, 0.1) is 35.0 Å². The Kier molecular flexibility index (Phi) is 11.9. The van der Waals surface area contributed by atoms with Crippen LogP contribution in [0.1, 0.15) is 54.9 Å². The molecule has 2 atom stereocenters. The molecule has 2 aliphatic rings. The van der Waals surface area contributed by atoms with Crippen LogP contribution in [-0.2, 0) is 30.8 Å². The SMILES string of the molecule is COc1cc(F)c(O[C@H]2CC[C@@](C)(C(=O)OCc3cccc4ccccc34)CC2)cc1C(=O)N[C@@H]1CCNC[C@@H]1C(=O)Nc1cccc(S(=O)(=O)C(F)(F)F)c1. The Hall–Kier alpha value is -5.22. The van der Waals surface area contributed by atoms with Crippen LogP contribution in [0.5, 0.6) is 11.5 Å². The first kappa shape index (κ1) is 40.4. The quantitative estimate of drug-likeness (QED) is 0.111. The van der Waals surface area contributed by atoms with E-state index in [-0.39, 0.29) is 48.3 Å². The summed E-state index contributed by atoms with van der Waals surface area (Å²) in [6, 6.07) is 19.0. The molecule has 0 unspecified atom stereocenters. The average Bonchev–Trinajstić information content (AvgIpc) is 3.18. The molecule has 4 aromatic rings. The normalized spacial score (nSPS) is 21.5. The van der Waals surface area contributed by atoms with Gasteiger partial charge in [-0.15, -0.1) is 0 Å². The Morgan fingerprint density at radius 3 is 2.38 bits per heavy atom. The highest BCUT2D eigenvalue weighted by atomic mass is 32.2. The number of sulfone groups is 1. The van der Waals surface area contributed by atoms with E-state index >= 15 is 4.39 Å². The van der Waals surface area contributed by atoms with Crippen molar-refractivity contribution >= 4 is 44.1 Å². The maximum atomic E-state index is 15.3. The molecular weight excluding hydrogens is 759 g/mol. The van der Waals surface area contributed by atoms with Gasteiger partial charge in [-0.2, -0.15) is 13.2 Å². The van der Waals surface area contributed by atoms with Crippen molar-refractivity contribution in [1.29, 1.82) is 0 Å². The zero-order valence-corrected chi connectivity index (χ0v) is 31.4. The zero-order valence-electron chi connectivity index (χ0n) is 30.6. The molecule has 2 amide bonds. The number of hydrogen-bond donors (Lipinski definition) is 3. The number of ether oxygens (including phenoxy) is 3.